The van der Waals surface area contributed by atoms with Crippen molar-refractivity contribution in [3.63, 3.8) is 0 Å². The molecule has 5 nitrogen and oxygen atoms in total. The Hall–Kier alpha value is -3.09. The van der Waals surface area contributed by atoms with Crippen LogP contribution in [0.25, 0.3) is 28.1 Å². The molecule has 6 heteroatoms. The molecular weight excluding hydrogens is 421 g/mol. The first-order chi connectivity index (χ1) is 16.0. The van der Waals surface area contributed by atoms with Crippen molar-refractivity contribution in [1.82, 2.24) is 4.98 Å². The zero-order valence-corrected chi connectivity index (χ0v) is 18.6. The number of aromatic nitrogens is 1. The molecule has 0 amide bonds. The average molecular weight is 450 g/mol. The Morgan fingerprint density at radius 2 is 1.91 bits per heavy atom. The van der Waals surface area contributed by atoms with Crippen LogP contribution < -0.4 is 0 Å². The lowest BCUT2D eigenvalue weighted by atomic mass is 9.92. The highest BCUT2D eigenvalue weighted by molar-refractivity contribution is 5.99. The van der Waals surface area contributed by atoms with Crippen molar-refractivity contribution in [3.8, 4) is 11.1 Å². The number of halogens is 1. The van der Waals surface area contributed by atoms with Gasteiger partial charge >= 0.3 is 5.97 Å². The number of nitrogens with zero attached hydrogens (tertiary/aromatic N) is 1. The zero-order chi connectivity index (χ0) is 23.4. The molecule has 0 radical (unpaired) electrons. The summed E-state index contributed by atoms with van der Waals surface area (Å²) < 4.78 is 18.5. The van der Waals surface area contributed by atoms with Gasteiger partial charge in [0.2, 0.25) is 0 Å². The monoisotopic (exact) mass is 449 g/mol. The number of esters is 1. The number of rotatable bonds is 9. The second kappa shape index (κ2) is 10.2. The lowest BCUT2D eigenvalue weighted by Crippen LogP contribution is -2.20. The highest BCUT2D eigenvalue weighted by Gasteiger charge is 2.29. The van der Waals surface area contributed by atoms with Crippen LogP contribution >= 0.6 is 0 Å². The molecule has 1 aliphatic rings. The van der Waals surface area contributed by atoms with Crippen molar-refractivity contribution in [2.24, 2.45) is 0 Å². The number of fused-ring (bicyclic) bond motifs is 1. The van der Waals surface area contributed by atoms with Gasteiger partial charge in [-0.25, -0.2) is 4.39 Å². The molecule has 4 rings (SSSR count). The van der Waals surface area contributed by atoms with Gasteiger partial charge in [-0.2, -0.15) is 0 Å². The lowest BCUT2D eigenvalue weighted by molar-refractivity contribution is -0.145. The lowest BCUT2D eigenvalue weighted by Gasteiger charge is -2.16. The number of carbonyl (C=O) groups is 1. The minimum atomic E-state index is -1.00. The topological polar surface area (TPSA) is 79.7 Å². The number of hydrogen-bond donors (Lipinski definition) is 2. The minimum absolute atomic E-state index is 0.0148. The molecule has 1 heterocycles. The zero-order valence-electron chi connectivity index (χ0n) is 18.6. The molecule has 1 saturated carbocycles. The fraction of sp³-hybridized carbons (Fsp3) is 0.333. The summed E-state index contributed by atoms with van der Waals surface area (Å²) in [4.78, 5) is 16.5. The Labute approximate surface area is 192 Å². The summed E-state index contributed by atoms with van der Waals surface area (Å²) in [5.41, 5.74) is 4.54. The number of ether oxygens (including phenoxy) is 1. The van der Waals surface area contributed by atoms with E-state index in [4.69, 9.17) is 9.72 Å². The molecular formula is C27H28FNO4. The number of pyridine rings is 1. The van der Waals surface area contributed by atoms with Crippen molar-refractivity contribution < 1.29 is 24.1 Å². The van der Waals surface area contributed by atoms with Crippen LogP contribution in [0.3, 0.4) is 0 Å². The van der Waals surface area contributed by atoms with Gasteiger partial charge in [-0.1, -0.05) is 42.5 Å². The van der Waals surface area contributed by atoms with Crippen molar-refractivity contribution in [2.75, 3.05) is 6.61 Å². The van der Waals surface area contributed by atoms with Gasteiger partial charge in [-0.05, 0) is 43.5 Å². The quantitative estimate of drug-likeness (QED) is 0.450. The van der Waals surface area contributed by atoms with E-state index < -0.39 is 18.2 Å². The number of hydrogen-bond acceptors (Lipinski definition) is 5. The molecule has 2 N–H and O–H groups in total. The van der Waals surface area contributed by atoms with Crippen molar-refractivity contribution in [1.29, 1.82) is 0 Å². The van der Waals surface area contributed by atoms with E-state index in [1.165, 1.54) is 12.1 Å². The maximum Gasteiger partial charge on any atom is 0.308 e. The van der Waals surface area contributed by atoms with Crippen LogP contribution in [0.5, 0.6) is 0 Å². The maximum atomic E-state index is 13.6. The highest BCUT2D eigenvalue weighted by Crippen LogP contribution is 2.45. The summed E-state index contributed by atoms with van der Waals surface area (Å²) in [5, 5.41) is 21.6. The molecule has 1 aromatic heterocycles. The van der Waals surface area contributed by atoms with E-state index in [-0.39, 0.29) is 25.3 Å². The molecule has 3 aromatic rings. The van der Waals surface area contributed by atoms with Crippen molar-refractivity contribution >= 4 is 22.9 Å². The summed E-state index contributed by atoms with van der Waals surface area (Å²) in [6.07, 6.45) is 3.47. The van der Waals surface area contributed by atoms with Crippen molar-refractivity contribution in [3.05, 3.63) is 71.7 Å². The van der Waals surface area contributed by atoms with Gasteiger partial charge < -0.3 is 14.9 Å². The normalized spacial score (nSPS) is 15.6. The molecule has 1 fully saturated rings. The fourth-order valence-corrected chi connectivity index (χ4v) is 4.07. The van der Waals surface area contributed by atoms with Gasteiger partial charge in [0.15, 0.2) is 0 Å². The predicted octanol–water partition coefficient (Wildman–Crippen LogP) is 5.00. The number of carbonyl (C=O) groups excluding carboxylic acids is 1. The van der Waals surface area contributed by atoms with Gasteiger partial charge in [-0.3, -0.25) is 9.78 Å². The summed E-state index contributed by atoms with van der Waals surface area (Å²) in [6, 6.07) is 14.3. The molecule has 0 bridgehead atoms. The third kappa shape index (κ3) is 5.64. The van der Waals surface area contributed by atoms with Gasteiger partial charge in [0.1, 0.15) is 5.82 Å². The highest BCUT2D eigenvalue weighted by atomic mass is 19.1. The Kier molecular flexibility index (Phi) is 7.16. The number of aliphatic hydroxyl groups excluding tert-OH is 2. The third-order valence-electron chi connectivity index (χ3n) is 5.76. The van der Waals surface area contributed by atoms with Crippen molar-refractivity contribution in [2.45, 2.75) is 50.7 Å². The summed E-state index contributed by atoms with van der Waals surface area (Å²) >= 11 is 0. The molecule has 2 aromatic carbocycles. The van der Waals surface area contributed by atoms with Gasteiger partial charge in [-0.15, -0.1) is 0 Å². The second-order valence-corrected chi connectivity index (χ2v) is 8.41. The van der Waals surface area contributed by atoms with Gasteiger partial charge in [0, 0.05) is 28.9 Å². The van der Waals surface area contributed by atoms with Crippen LogP contribution in [-0.2, 0) is 9.53 Å². The van der Waals surface area contributed by atoms with Gasteiger partial charge in [0.05, 0.1) is 36.4 Å². The SMILES string of the molecule is CCOC(=O)CC(O)C[C@H](O)/C=C/c1c(C2CC2)nc2ccccc2c1-c1ccc(F)cc1. The standard InChI is InChI=1S/C27H28FNO4/c1-2-33-25(32)16-21(31)15-20(30)13-14-23-26(17-9-11-19(28)12-10-17)22-5-3-4-6-24(22)29-27(23)18-7-8-18/h3-6,9-14,18,20-21,30-31H,2,7-8,15-16H2,1H3/b14-13+/t20-,21?/m1/s1. The van der Waals surface area contributed by atoms with E-state index in [9.17, 15) is 19.4 Å². The van der Waals surface area contributed by atoms with E-state index in [0.717, 1.165) is 46.1 Å². The first-order valence-electron chi connectivity index (χ1n) is 11.3. The molecule has 33 heavy (non-hydrogen) atoms. The molecule has 1 unspecified atom stereocenters. The Morgan fingerprint density at radius 3 is 2.61 bits per heavy atom. The van der Waals surface area contributed by atoms with Crippen LogP contribution in [0.15, 0.2) is 54.6 Å². The largest absolute Gasteiger partial charge is 0.466 e. The second-order valence-electron chi connectivity index (χ2n) is 8.41. The maximum absolute atomic E-state index is 13.6. The first-order valence-corrected chi connectivity index (χ1v) is 11.3. The molecule has 0 aliphatic heterocycles. The van der Waals surface area contributed by atoms with E-state index in [2.05, 4.69) is 0 Å². The van der Waals surface area contributed by atoms with Crippen LogP contribution in [0, 0.1) is 5.82 Å². The van der Waals surface area contributed by atoms with Crippen LogP contribution in [-0.4, -0.2) is 40.0 Å². The Bertz CT molecular complexity index is 1150. The molecule has 2 atom stereocenters. The molecule has 0 spiro atoms. The molecule has 0 saturated heterocycles. The van der Waals surface area contributed by atoms with E-state index in [1.807, 2.05) is 30.3 Å². The van der Waals surface area contributed by atoms with E-state index >= 15 is 0 Å². The van der Waals surface area contributed by atoms with Crippen LogP contribution in [0.1, 0.15) is 49.8 Å². The summed E-state index contributed by atoms with van der Waals surface area (Å²) in [6.45, 7) is 1.95. The smallest absolute Gasteiger partial charge is 0.308 e. The predicted molar refractivity (Wildman–Crippen MR) is 126 cm³/mol. The molecule has 172 valence electrons. The fourth-order valence-electron chi connectivity index (χ4n) is 4.07. The number of aliphatic hydroxyl groups is 2. The average Bonchev–Trinajstić information content (AvgIpc) is 3.63. The number of para-hydroxylation sites is 1. The summed E-state index contributed by atoms with van der Waals surface area (Å²) in [7, 11) is 0. The first kappa shape index (κ1) is 23.1. The third-order valence-corrected chi connectivity index (χ3v) is 5.76. The van der Waals surface area contributed by atoms with E-state index in [0.29, 0.717) is 5.92 Å². The molecule has 1 aliphatic carbocycles. The van der Waals surface area contributed by atoms with E-state index in [1.54, 1.807) is 25.1 Å². The van der Waals surface area contributed by atoms with Gasteiger partial charge in [0.25, 0.3) is 0 Å². The Morgan fingerprint density at radius 1 is 1.18 bits per heavy atom. The minimum Gasteiger partial charge on any atom is -0.466 e. The van der Waals surface area contributed by atoms with Crippen LogP contribution in [0.4, 0.5) is 4.39 Å². The Balaban J connectivity index is 1.70. The summed E-state index contributed by atoms with van der Waals surface area (Å²) in [5.74, 6) is -0.447. The number of benzene rings is 2. The van der Waals surface area contributed by atoms with Crippen LogP contribution in [0.2, 0.25) is 0 Å².